The molecule has 1 aliphatic heterocycles. The summed E-state index contributed by atoms with van der Waals surface area (Å²) in [7, 11) is 0. The van der Waals surface area contributed by atoms with E-state index in [-0.39, 0.29) is 11.7 Å². The largest absolute Gasteiger partial charge is 0.381 e. The van der Waals surface area contributed by atoms with E-state index in [1.807, 2.05) is 0 Å². The summed E-state index contributed by atoms with van der Waals surface area (Å²) in [5, 5.41) is 5.39. The summed E-state index contributed by atoms with van der Waals surface area (Å²) in [5.41, 5.74) is 0.377. The van der Waals surface area contributed by atoms with Gasteiger partial charge < -0.3 is 15.4 Å². The molecule has 1 aliphatic rings. The number of hydrogen-bond acceptors (Lipinski definition) is 4. The maximum absolute atomic E-state index is 13.6. The van der Waals surface area contributed by atoms with Crippen LogP contribution in [0.3, 0.4) is 0 Å². The number of anilines is 2. The number of pyridine rings is 1. The van der Waals surface area contributed by atoms with Crippen LogP contribution in [0.2, 0.25) is 0 Å². The number of nitrogens with one attached hydrogen (secondary N) is 2. The average Bonchev–Trinajstić information content (AvgIpc) is 3.10. The number of ether oxygens (including phenoxy) is 1. The van der Waals surface area contributed by atoms with Gasteiger partial charge in [-0.2, -0.15) is 0 Å². The molecule has 5 nitrogen and oxygen atoms in total. The van der Waals surface area contributed by atoms with Crippen molar-refractivity contribution in [2.24, 2.45) is 0 Å². The standard InChI is InChI=1S/C17H17F2N3O2/c18-14-4-1-5-15(19)16(14)22-17(23)11-7-12(9-20-8-11)21-10-13-3-2-6-24-13/h1,4-5,7-9,13,21H,2-3,6,10H2,(H,22,23). The number of carbonyl (C=O) groups excluding carboxylic acids is 1. The summed E-state index contributed by atoms with van der Waals surface area (Å²) in [5.74, 6) is -2.29. The Labute approximate surface area is 138 Å². The minimum atomic E-state index is -0.830. The Bertz CT molecular complexity index is 713. The van der Waals surface area contributed by atoms with Crippen LogP contribution in [0.4, 0.5) is 20.2 Å². The molecule has 7 heteroatoms. The molecule has 0 spiro atoms. The Hall–Kier alpha value is -2.54. The van der Waals surface area contributed by atoms with Crippen LogP contribution in [0, 0.1) is 11.6 Å². The molecule has 0 aliphatic carbocycles. The average molecular weight is 333 g/mol. The van der Waals surface area contributed by atoms with E-state index in [9.17, 15) is 13.6 Å². The first-order chi connectivity index (χ1) is 11.6. The lowest BCUT2D eigenvalue weighted by atomic mass is 10.2. The number of aromatic nitrogens is 1. The lowest BCUT2D eigenvalue weighted by Crippen LogP contribution is -2.19. The fraction of sp³-hybridized carbons (Fsp3) is 0.294. The maximum Gasteiger partial charge on any atom is 0.257 e. The number of amides is 1. The fourth-order valence-electron chi connectivity index (χ4n) is 2.50. The van der Waals surface area contributed by atoms with Gasteiger partial charge in [0.2, 0.25) is 0 Å². The van der Waals surface area contributed by atoms with E-state index in [2.05, 4.69) is 15.6 Å². The number of rotatable bonds is 5. The second kappa shape index (κ2) is 7.35. The predicted octanol–water partition coefficient (Wildman–Crippen LogP) is 3.20. The Morgan fingerprint density at radius 1 is 1.29 bits per heavy atom. The summed E-state index contributed by atoms with van der Waals surface area (Å²) < 4.78 is 32.7. The first-order valence-corrected chi connectivity index (χ1v) is 7.69. The summed E-state index contributed by atoms with van der Waals surface area (Å²) in [6.45, 7) is 1.38. The quantitative estimate of drug-likeness (QED) is 0.882. The minimum Gasteiger partial charge on any atom is -0.381 e. The number of benzene rings is 1. The molecule has 126 valence electrons. The lowest BCUT2D eigenvalue weighted by Gasteiger charge is -2.12. The van der Waals surface area contributed by atoms with E-state index in [0.717, 1.165) is 31.6 Å². The predicted molar refractivity (Wildman–Crippen MR) is 86.0 cm³/mol. The highest BCUT2D eigenvalue weighted by Gasteiger charge is 2.16. The van der Waals surface area contributed by atoms with Crippen molar-refractivity contribution in [3.05, 3.63) is 53.9 Å². The van der Waals surface area contributed by atoms with Crippen LogP contribution in [-0.2, 0) is 4.74 Å². The Morgan fingerprint density at radius 3 is 2.79 bits per heavy atom. The summed E-state index contributed by atoms with van der Waals surface area (Å²) in [6, 6.07) is 4.97. The van der Waals surface area contributed by atoms with E-state index in [0.29, 0.717) is 12.2 Å². The van der Waals surface area contributed by atoms with Gasteiger partial charge in [0.15, 0.2) is 0 Å². The van der Waals surface area contributed by atoms with Crippen molar-refractivity contribution in [1.82, 2.24) is 4.98 Å². The molecule has 2 N–H and O–H groups in total. The molecule has 1 aromatic heterocycles. The summed E-state index contributed by atoms with van der Waals surface area (Å²) in [4.78, 5) is 16.2. The van der Waals surface area contributed by atoms with Crippen molar-refractivity contribution < 1.29 is 18.3 Å². The first kappa shape index (κ1) is 16.3. The molecule has 2 aromatic rings. The highest BCUT2D eigenvalue weighted by atomic mass is 19.1. The van der Waals surface area contributed by atoms with E-state index in [1.165, 1.54) is 12.3 Å². The molecule has 24 heavy (non-hydrogen) atoms. The first-order valence-electron chi connectivity index (χ1n) is 7.69. The molecule has 3 rings (SSSR count). The second-order valence-corrected chi connectivity index (χ2v) is 5.53. The topological polar surface area (TPSA) is 63.2 Å². The van der Waals surface area contributed by atoms with Crippen molar-refractivity contribution in [1.29, 1.82) is 0 Å². The zero-order valence-corrected chi connectivity index (χ0v) is 12.9. The minimum absolute atomic E-state index is 0.148. The lowest BCUT2D eigenvalue weighted by molar-refractivity contribution is 0.102. The Kier molecular flexibility index (Phi) is 5.00. The van der Waals surface area contributed by atoms with Gasteiger partial charge in [0.05, 0.1) is 17.4 Å². The number of para-hydroxylation sites is 1. The van der Waals surface area contributed by atoms with Gasteiger partial charge in [-0.05, 0) is 31.0 Å². The van der Waals surface area contributed by atoms with Gasteiger partial charge in [0, 0.05) is 25.5 Å². The van der Waals surface area contributed by atoms with Crippen LogP contribution < -0.4 is 10.6 Å². The molecule has 2 heterocycles. The third-order valence-electron chi connectivity index (χ3n) is 3.76. The van der Waals surface area contributed by atoms with E-state index in [1.54, 1.807) is 12.3 Å². The monoisotopic (exact) mass is 333 g/mol. The van der Waals surface area contributed by atoms with Crippen molar-refractivity contribution in [2.75, 3.05) is 23.8 Å². The van der Waals surface area contributed by atoms with E-state index in [4.69, 9.17) is 4.74 Å². The smallest absolute Gasteiger partial charge is 0.257 e. The van der Waals surface area contributed by atoms with E-state index >= 15 is 0 Å². The highest BCUT2D eigenvalue weighted by molar-refractivity contribution is 6.04. The molecular weight excluding hydrogens is 316 g/mol. The van der Waals surface area contributed by atoms with Crippen molar-refractivity contribution in [3.63, 3.8) is 0 Å². The SMILES string of the molecule is O=C(Nc1c(F)cccc1F)c1cncc(NCC2CCCO2)c1. The molecule has 1 amide bonds. The van der Waals surface area contributed by atoms with Gasteiger partial charge in [0.1, 0.15) is 17.3 Å². The molecule has 1 atom stereocenters. The van der Waals surface area contributed by atoms with Gasteiger partial charge in [-0.1, -0.05) is 6.07 Å². The van der Waals surface area contributed by atoms with Crippen LogP contribution in [-0.4, -0.2) is 30.1 Å². The van der Waals surface area contributed by atoms with Crippen LogP contribution in [0.1, 0.15) is 23.2 Å². The fourth-order valence-corrected chi connectivity index (χ4v) is 2.50. The highest BCUT2D eigenvalue weighted by Crippen LogP contribution is 2.20. The third-order valence-corrected chi connectivity index (χ3v) is 3.76. The summed E-state index contributed by atoms with van der Waals surface area (Å²) in [6.07, 6.45) is 5.10. The van der Waals surface area contributed by atoms with Crippen molar-refractivity contribution in [2.45, 2.75) is 18.9 Å². The van der Waals surface area contributed by atoms with Crippen molar-refractivity contribution in [3.8, 4) is 0 Å². The number of halogens is 2. The molecule has 1 fully saturated rings. The number of hydrogen-bond donors (Lipinski definition) is 2. The van der Waals surface area contributed by atoms with Gasteiger partial charge >= 0.3 is 0 Å². The van der Waals surface area contributed by atoms with E-state index < -0.39 is 23.2 Å². The Balaban J connectivity index is 1.67. The van der Waals surface area contributed by atoms with Crippen LogP contribution in [0.25, 0.3) is 0 Å². The van der Waals surface area contributed by atoms with Gasteiger partial charge in [-0.15, -0.1) is 0 Å². The van der Waals surface area contributed by atoms with Gasteiger partial charge in [0.25, 0.3) is 5.91 Å². The molecule has 1 unspecified atom stereocenters. The molecule has 1 aromatic carbocycles. The van der Waals surface area contributed by atoms with Gasteiger partial charge in [-0.3, -0.25) is 9.78 Å². The molecule has 0 saturated carbocycles. The Morgan fingerprint density at radius 2 is 2.08 bits per heavy atom. The zero-order chi connectivity index (χ0) is 16.9. The second-order valence-electron chi connectivity index (χ2n) is 5.53. The zero-order valence-electron chi connectivity index (χ0n) is 12.9. The summed E-state index contributed by atoms with van der Waals surface area (Å²) >= 11 is 0. The normalized spacial score (nSPS) is 16.8. The number of nitrogens with zero attached hydrogens (tertiary/aromatic N) is 1. The van der Waals surface area contributed by atoms with Crippen LogP contribution in [0.15, 0.2) is 36.7 Å². The van der Waals surface area contributed by atoms with Crippen LogP contribution >= 0.6 is 0 Å². The van der Waals surface area contributed by atoms with Gasteiger partial charge in [-0.25, -0.2) is 8.78 Å². The molecular formula is C17H17F2N3O2. The number of carbonyl (C=O) groups is 1. The molecule has 1 saturated heterocycles. The molecule has 0 bridgehead atoms. The third kappa shape index (κ3) is 3.86. The van der Waals surface area contributed by atoms with Crippen molar-refractivity contribution >= 4 is 17.3 Å². The maximum atomic E-state index is 13.6. The van der Waals surface area contributed by atoms with Crippen LogP contribution in [0.5, 0.6) is 0 Å². The molecule has 0 radical (unpaired) electrons.